The van der Waals surface area contributed by atoms with E-state index < -0.39 is 12.0 Å². The van der Waals surface area contributed by atoms with Gasteiger partial charge in [0.1, 0.15) is 6.04 Å². The molecule has 0 amide bonds. The predicted octanol–water partition coefficient (Wildman–Crippen LogP) is 0.992. The van der Waals surface area contributed by atoms with Crippen molar-refractivity contribution in [2.75, 3.05) is 13.2 Å². The average Bonchev–Trinajstić information content (AvgIpc) is 2.16. The van der Waals surface area contributed by atoms with Gasteiger partial charge in [0.15, 0.2) is 0 Å². The van der Waals surface area contributed by atoms with Gasteiger partial charge in [-0.05, 0) is 25.8 Å². The molecule has 0 aromatic carbocycles. The molecule has 0 aliphatic rings. The third-order valence-electron chi connectivity index (χ3n) is 2.12. The van der Waals surface area contributed by atoms with Crippen LogP contribution in [0.25, 0.3) is 0 Å². The van der Waals surface area contributed by atoms with Gasteiger partial charge in [-0.2, -0.15) is 0 Å². The van der Waals surface area contributed by atoms with E-state index >= 15 is 0 Å². The Balaban J connectivity index is 3.57. The van der Waals surface area contributed by atoms with Gasteiger partial charge in [0, 0.05) is 6.61 Å². The van der Waals surface area contributed by atoms with Crippen molar-refractivity contribution in [1.82, 2.24) is 5.32 Å². The van der Waals surface area contributed by atoms with Crippen LogP contribution in [0.5, 0.6) is 0 Å². The molecule has 84 valence electrons. The van der Waals surface area contributed by atoms with Crippen LogP contribution in [0.2, 0.25) is 0 Å². The van der Waals surface area contributed by atoms with Crippen LogP contribution in [-0.2, 0) is 4.79 Å². The summed E-state index contributed by atoms with van der Waals surface area (Å²) < 4.78 is 0. The van der Waals surface area contributed by atoms with Gasteiger partial charge in [0.2, 0.25) is 0 Å². The van der Waals surface area contributed by atoms with E-state index in [-0.39, 0.29) is 6.61 Å². The minimum Gasteiger partial charge on any atom is -0.480 e. The topological polar surface area (TPSA) is 69.6 Å². The predicted molar refractivity (Wildman–Crippen MR) is 55.3 cm³/mol. The maximum Gasteiger partial charge on any atom is 0.320 e. The lowest BCUT2D eigenvalue weighted by Crippen LogP contribution is -2.37. The number of aliphatic hydroxyl groups is 1. The monoisotopic (exact) mass is 203 g/mol. The van der Waals surface area contributed by atoms with Crippen LogP contribution in [0.1, 0.15) is 39.0 Å². The fourth-order valence-corrected chi connectivity index (χ4v) is 1.23. The largest absolute Gasteiger partial charge is 0.480 e. The standard InChI is InChI=1S/C10H21NO3/c1-2-3-6-9(10(13)14)11-7-4-5-8-12/h9,11-12H,2-8H2,1H3,(H,13,14). The molecular weight excluding hydrogens is 182 g/mol. The van der Waals surface area contributed by atoms with Crippen LogP contribution < -0.4 is 5.32 Å². The minimum absolute atomic E-state index is 0.175. The number of nitrogens with one attached hydrogen (secondary N) is 1. The summed E-state index contributed by atoms with van der Waals surface area (Å²) in [6.07, 6.45) is 4.19. The molecule has 0 spiro atoms. The molecule has 1 unspecified atom stereocenters. The first-order chi connectivity index (χ1) is 6.72. The molecule has 4 heteroatoms. The number of hydrogen-bond donors (Lipinski definition) is 3. The van der Waals surface area contributed by atoms with Crippen molar-refractivity contribution in [3.8, 4) is 0 Å². The number of hydrogen-bond acceptors (Lipinski definition) is 3. The normalized spacial score (nSPS) is 12.7. The Hall–Kier alpha value is -0.610. The van der Waals surface area contributed by atoms with E-state index in [4.69, 9.17) is 10.2 Å². The van der Waals surface area contributed by atoms with Crippen molar-refractivity contribution in [2.24, 2.45) is 0 Å². The second-order valence-electron chi connectivity index (χ2n) is 3.42. The zero-order chi connectivity index (χ0) is 10.8. The van der Waals surface area contributed by atoms with E-state index in [0.29, 0.717) is 13.0 Å². The summed E-state index contributed by atoms with van der Waals surface area (Å²) in [5.41, 5.74) is 0. The fraction of sp³-hybridized carbons (Fsp3) is 0.900. The molecule has 0 bridgehead atoms. The van der Waals surface area contributed by atoms with Crippen LogP contribution in [0.15, 0.2) is 0 Å². The van der Waals surface area contributed by atoms with Gasteiger partial charge in [0.05, 0.1) is 0 Å². The fourth-order valence-electron chi connectivity index (χ4n) is 1.23. The zero-order valence-corrected chi connectivity index (χ0v) is 8.83. The number of carbonyl (C=O) groups is 1. The first kappa shape index (κ1) is 13.4. The van der Waals surface area contributed by atoms with Gasteiger partial charge in [0.25, 0.3) is 0 Å². The molecule has 0 saturated carbocycles. The molecule has 0 aliphatic heterocycles. The maximum absolute atomic E-state index is 10.8. The minimum atomic E-state index is -0.776. The highest BCUT2D eigenvalue weighted by atomic mass is 16.4. The lowest BCUT2D eigenvalue weighted by molar-refractivity contribution is -0.139. The Morgan fingerprint density at radius 1 is 1.36 bits per heavy atom. The molecule has 1 atom stereocenters. The smallest absolute Gasteiger partial charge is 0.320 e. The molecule has 0 saturated heterocycles. The quantitative estimate of drug-likeness (QED) is 0.489. The summed E-state index contributed by atoms with van der Waals surface area (Å²) in [5, 5.41) is 20.4. The van der Waals surface area contributed by atoms with Gasteiger partial charge < -0.3 is 15.5 Å². The van der Waals surface area contributed by atoms with Crippen molar-refractivity contribution in [3.05, 3.63) is 0 Å². The highest BCUT2D eigenvalue weighted by molar-refractivity contribution is 5.73. The molecule has 0 aromatic heterocycles. The Kier molecular flexibility index (Phi) is 8.57. The summed E-state index contributed by atoms with van der Waals surface area (Å²) >= 11 is 0. The van der Waals surface area contributed by atoms with Crippen molar-refractivity contribution >= 4 is 5.97 Å². The Labute approximate surface area is 85.3 Å². The van der Waals surface area contributed by atoms with E-state index in [9.17, 15) is 4.79 Å². The molecule has 0 aromatic rings. The lowest BCUT2D eigenvalue weighted by Gasteiger charge is -2.13. The molecular formula is C10H21NO3. The number of unbranched alkanes of at least 4 members (excludes halogenated alkanes) is 2. The molecule has 0 rings (SSSR count). The highest BCUT2D eigenvalue weighted by Crippen LogP contribution is 2.01. The number of aliphatic carboxylic acids is 1. The van der Waals surface area contributed by atoms with Gasteiger partial charge in [-0.3, -0.25) is 4.79 Å². The van der Waals surface area contributed by atoms with Crippen LogP contribution in [0, 0.1) is 0 Å². The van der Waals surface area contributed by atoms with Crippen LogP contribution in [0.4, 0.5) is 0 Å². The SMILES string of the molecule is CCCCC(NCCCCO)C(=O)O. The third-order valence-corrected chi connectivity index (χ3v) is 2.12. The van der Waals surface area contributed by atoms with Gasteiger partial charge in [-0.1, -0.05) is 19.8 Å². The van der Waals surface area contributed by atoms with Crippen molar-refractivity contribution in [2.45, 2.75) is 45.1 Å². The molecule has 0 heterocycles. The van der Waals surface area contributed by atoms with Crippen LogP contribution in [-0.4, -0.2) is 35.4 Å². The van der Waals surface area contributed by atoms with Crippen LogP contribution in [0.3, 0.4) is 0 Å². The van der Waals surface area contributed by atoms with Crippen LogP contribution >= 0.6 is 0 Å². The first-order valence-corrected chi connectivity index (χ1v) is 5.29. The van der Waals surface area contributed by atoms with Gasteiger partial charge in [-0.15, -0.1) is 0 Å². The van der Waals surface area contributed by atoms with E-state index in [1.54, 1.807) is 0 Å². The molecule has 0 radical (unpaired) electrons. The second kappa shape index (κ2) is 8.97. The molecule has 4 nitrogen and oxygen atoms in total. The summed E-state index contributed by atoms with van der Waals surface area (Å²) in [7, 11) is 0. The number of carboxylic acid groups (broad SMARTS) is 1. The first-order valence-electron chi connectivity index (χ1n) is 5.29. The summed E-state index contributed by atoms with van der Waals surface area (Å²) in [4.78, 5) is 10.8. The Morgan fingerprint density at radius 3 is 2.57 bits per heavy atom. The Morgan fingerprint density at radius 2 is 2.07 bits per heavy atom. The number of aliphatic hydroxyl groups excluding tert-OH is 1. The molecule has 14 heavy (non-hydrogen) atoms. The number of rotatable bonds is 9. The Bertz CT molecular complexity index is 150. The third kappa shape index (κ3) is 6.86. The summed E-state index contributed by atoms with van der Waals surface area (Å²) in [6, 6.07) is -0.423. The summed E-state index contributed by atoms with van der Waals surface area (Å²) in [5.74, 6) is -0.776. The van der Waals surface area contributed by atoms with E-state index in [2.05, 4.69) is 5.32 Å². The molecule has 3 N–H and O–H groups in total. The van der Waals surface area contributed by atoms with Crippen molar-refractivity contribution < 1.29 is 15.0 Å². The van der Waals surface area contributed by atoms with Crippen molar-refractivity contribution in [1.29, 1.82) is 0 Å². The van der Waals surface area contributed by atoms with E-state index in [1.165, 1.54) is 0 Å². The summed E-state index contributed by atoms with van der Waals surface area (Å²) in [6.45, 7) is 2.89. The average molecular weight is 203 g/mol. The van der Waals surface area contributed by atoms with Crippen molar-refractivity contribution in [3.63, 3.8) is 0 Å². The van der Waals surface area contributed by atoms with Gasteiger partial charge >= 0.3 is 5.97 Å². The highest BCUT2D eigenvalue weighted by Gasteiger charge is 2.14. The van der Waals surface area contributed by atoms with E-state index in [1.807, 2.05) is 6.92 Å². The molecule has 0 fully saturated rings. The lowest BCUT2D eigenvalue weighted by atomic mass is 10.1. The second-order valence-corrected chi connectivity index (χ2v) is 3.42. The zero-order valence-electron chi connectivity index (χ0n) is 8.83. The number of carboxylic acids is 1. The molecule has 0 aliphatic carbocycles. The van der Waals surface area contributed by atoms with Gasteiger partial charge in [-0.25, -0.2) is 0 Å². The maximum atomic E-state index is 10.8. The van der Waals surface area contributed by atoms with E-state index in [0.717, 1.165) is 25.7 Å².